The molecule has 2 heterocycles. The van der Waals surface area contributed by atoms with E-state index in [-0.39, 0.29) is 17.6 Å². The summed E-state index contributed by atoms with van der Waals surface area (Å²) in [6, 6.07) is 6.37. The van der Waals surface area contributed by atoms with Crippen molar-refractivity contribution >= 4 is 22.2 Å². The second kappa shape index (κ2) is 5.14. The van der Waals surface area contributed by atoms with Gasteiger partial charge in [-0.1, -0.05) is 23.5 Å². The van der Waals surface area contributed by atoms with E-state index in [4.69, 9.17) is 4.74 Å². The summed E-state index contributed by atoms with van der Waals surface area (Å²) in [4.78, 5) is 4.83. The van der Waals surface area contributed by atoms with Crippen molar-refractivity contribution in [1.29, 1.82) is 0 Å². The molecule has 0 radical (unpaired) electrons. The van der Waals surface area contributed by atoms with Crippen molar-refractivity contribution in [2.24, 2.45) is 0 Å². The molecule has 2 aromatic rings. The largest absolute Gasteiger partial charge is 0.492 e. The molecule has 1 fully saturated rings. The normalized spacial score (nSPS) is 18.7. The Kier molecular flexibility index (Phi) is 3.35. The Bertz CT molecular complexity index is 582. The first kappa shape index (κ1) is 12.4. The Morgan fingerprint density at radius 2 is 2.26 bits per heavy atom. The van der Waals surface area contributed by atoms with Crippen molar-refractivity contribution < 1.29 is 14.2 Å². The molecule has 100 valence electrons. The summed E-state index contributed by atoms with van der Waals surface area (Å²) < 4.78 is 18.8. The summed E-state index contributed by atoms with van der Waals surface area (Å²) in [5.41, 5.74) is 0.352. The fraction of sp³-hybridized carbons (Fsp3) is 0.308. The van der Waals surface area contributed by atoms with Gasteiger partial charge in [-0.2, -0.15) is 4.98 Å². The van der Waals surface area contributed by atoms with Gasteiger partial charge in [0.15, 0.2) is 5.13 Å². The molecule has 0 saturated carbocycles. The lowest BCUT2D eigenvalue weighted by atomic mass is 10.1. The van der Waals surface area contributed by atoms with Crippen LogP contribution in [0.1, 0.15) is 17.2 Å². The minimum atomic E-state index is -0.345. The van der Waals surface area contributed by atoms with Gasteiger partial charge in [0.05, 0.1) is 17.2 Å². The summed E-state index contributed by atoms with van der Waals surface area (Å²) in [5.74, 6) is -0.143. The quantitative estimate of drug-likeness (QED) is 0.906. The molecule has 3 rings (SSSR count). The number of ether oxygens (including phenoxy) is 1. The Morgan fingerprint density at radius 3 is 3.00 bits per heavy atom. The van der Waals surface area contributed by atoms with Gasteiger partial charge in [-0.05, 0) is 18.6 Å². The summed E-state index contributed by atoms with van der Waals surface area (Å²) in [7, 11) is 0. The fourth-order valence-corrected chi connectivity index (χ4v) is 3.05. The van der Waals surface area contributed by atoms with Gasteiger partial charge >= 0.3 is 0 Å². The van der Waals surface area contributed by atoms with E-state index in [0.29, 0.717) is 24.0 Å². The number of para-hydroxylation sites is 1. The van der Waals surface area contributed by atoms with Crippen LogP contribution < -0.4 is 5.32 Å². The van der Waals surface area contributed by atoms with Gasteiger partial charge in [0, 0.05) is 12.5 Å². The zero-order valence-corrected chi connectivity index (χ0v) is 10.9. The first-order valence-corrected chi connectivity index (χ1v) is 6.84. The van der Waals surface area contributed by atoms with Crippen molar-refractivity contribution in [2.45, 2.75) is 12.3 Å². The molecule has 4 nitrogen and oxygen atoms in total. The first-order chi connectivity index (χ1) is 9.24. The van der Waals surface area contributed by atoms with Crippen LogP contribution >= 0.6 is 11.3 Å². The molecule has 2 N–H and O–H groups in total. The molecule has 6 heteroatoms. The molecule has 1 aromatic carbocycles. The molecular weight excluding hydrogens is 267 g/mol. The van der Waals surface area contributed by atoms with E-state index in [2.05, 4.69) is 10.3 Å². The van der Waals surface area contributed by atoms with E-state index in [9.17, 15) is 9.50 Å². The van der Waals surface area contributed by atoms with E-state index < -0.39 is 0 Å². The molecule has 1 atom stereocenters. The number of anilines is 2. The van der Waals surface area contributed by atoms with Gasteiger partial charge in [0.2, 0.25) is 5.88 Å². The maximum Gasteiger partial charge on any atom is 0.227 e. The van der Waals surface area contributed by atoms with Crippen LogP contribution in [0.5, 0.6) is 5.88 Å². The van der Waals surface area contributed by atoms with Crippen LogP contribution in [0.3, 0.4) is 0 Å². The van der Waals surface area contributed by atoms with Crippen LogP contribution in [0.2, 0.25) is 0 Å². The average Bonchev–Trinajstić information content (AvgIpc) is 3.01. The monoisotopic (exact) mass is 280 g/mol. The number of aromatic nitrogens is 1. The standard InChI is InChI=1S/C13H13FN2O2S/c14-9-3-1-2-4-10(9)15-13-16-12(17)11(19-13)8-5-6-18-7-8/h1-4,8,17H,5-7H2,(H,15,16)/t8-/m0/s1. The molecule has 0 spiro atoms. The molecule has 0 amide bonds. The Morgan fingerprint density at radius 1 is 1.42 bits per heavy atom. The molecule has 0 unspecified atom stereocenters. The average molecular weight is 280 g/mol. The van der Waals surface area contributed by atoms with Gasteiger partial charge < -0.3 is 15.2 Å². The number of hydrogen-bond donors (Lipinski definition) is 2. The molecule has 1 aliphatic heterocycles. The molecule has 1 saturated heterocycles. The predicted octanol–water partition coefficient (Wildman–Crippen LogP) is 3.24. The molecule has 1 aliphatic rings. The lowest BCUT2D eigenvalue weighted by molar-refractivity contribution is 0.194. The van der Waals surface area contributed by atoms with Crippen molar-refractivity contribution in [3.05, 3.63) is 35.0 Å². The first-order valence-electron chi connectivity index (χ1n) is 6.03. The van der Waals surface area contributed by atoms with E-state index in [0.717, 1.165) is 11.3 Å². The summed E-state index contributed by atoms with van der Waals surface area (Å²) in [6.45, 7) is 1.31. The number of aromatic hydroxyl groups is 1. The highest BCUT2D eigenvalue weighted by molar-refractivity contribution is 7.16. The van der Waals surface area contributed by atoms with Crippen LogP contribution in [-0.2, 0) is 4.74 Å². The highest BCUT2D eigenvalue weighted by atomic mass is 32.1. The fourth-order valence-electron chi connectivity index (χ4n) is 2.06. The maximum absolute atomic E-state index is 13.5. The maximum atomic E-state index is 13.5. The van der Waals surface area contributed by atoms with Gasteiger partial charge in [-0.25, -0.2) is 4.39 Å². The lowest BCUT2D eigenvalue weighted by Gasteiger charge is -2.03. The van der Waals surface area contributed by atoms with E-state index >= 15 is 0 Å². The Labute approximate surface area is 113 Å². The minimum Gasteiger partial charge on any atom is -0.492 e. The number of halogens is 1. The van der Waals surface area contributed by atoms with Crippen molar-refractivity contribution in [3.63, 3.8) is 0 Å². The van der Waals surface area contributed by atoms with Gasteiger partial charge in [-0.15, -0.1) is 0 Å². The van der Waals surface area contributed by atoms with E-state index in [1.807, 2.05) is 0 Å². The zero-order chi connectivity index (χ0) is 13.2. The Balaban J connectivity index is 1.82. The van der Waals surface area contributed by atoms with E-state index in [1.165, 1.54) is 17.4 Å². The van der Waals surface area contributed by atoms with Crippen LogP contribution in [0.4, 0.5) is 15.2 Å². The van der Waals surface area contributed by atoms with Crippen LogP contribution in [0.25, 0.3) is 0 Å². The second-order valence-electron chi connectivity index (χ2n) is 4.37. The number of benzene rings is 1. The number of thiazole rings is 1. The molecular formula is C13H13FN2O2S. The summed E-state index contributed by atoms with van der Waals surface area (Å²) >= 11 is 1.34. The SMILES string of the molecule is Oc1nc(Nc2ccccc2F)sc1[C@H]1CCOC1. The molecule has 0 bridgehead atoms. The van der Waals surface area contributed by atoms with Crippen LogP contribution in [0, 0.1) is 5.82 Å². The molecule has 0 aliphatic carbocycles. The van der Waals surface area contributed by atoms with Crippen molar-refractivity contribution in [2.75, 3.05) is 18.5 Å². The number of rotatable bonds is 3. The number of nitrogens with zero attached hydrogens (tertiary/aromatic N) is 1. The van der Waals surface area contributed by atoms with Crippen LogP contribution in [-0.4, -0.2) is 23.3 Å². The van der Waals surface area contributed by atoms with Gasteiger partial charge in [0.1, 0.15) is 5.82 Å². The van der Waals surface area contributed by atoms with Crippen molar-refractivity contribution in [3.8, 4) is 5.88 Å². The van der Waals surface area contributed by atoms with Crippen molar-refractivity contribution in [1.82, 2.24) is 4.98 Å². The zero-order valence-electron chi connectivity index (χ0n) is 10.1. The Hall–Kier alpha value is -1.66. The third-order valence-corrected chi connectivity index (χ3v) is 4.17. The molecule has 19 heavy (non-hydrogen) atoms. The highest BCUT2D eigenvalue weighted by Crippen LogP contribution is 2.39. The smallest absolute Gasteiger partial charge is 0.227 e. The summed E-state index contributed by atoms with van der Waals surface area (Å²) in [6.07, 6.45) is 0.884. The minimum absolute atomic E-state index is 0.0133. The predicted molar refractivity (Wildman–Crippen MR) is 71.6 cm³/mol. The third kappa shape index (κ3) is 2.54. The lowest BCUT2D eigenvalue weighted by Crippen LogP contribution is -1.94. The topological polar surface area (TPSA) is 54.4 Å². The third-order valence-electron chi connectivity index (χ3n) is 3.05. The summed E-state index contributed by atoms with van der Waals surface area (Å²) in [5, 5.41) is 13.2. The van der Waals surface area contributed by atoms with E-state index in [1.54, 1.807) is 18.2 Å². The molecule has 1 aromatic heterocycles. The van der Waals surface area contributed by atoms with Gasteiger partial charge in [0.25, 0.3) is 0 Å². The highest BCUT2D eigenvalue weighted by Gasteiger charge is 2.24. The van der Waals surface area contributed by atoms with Crippen LogP contribution in [0.15, 0.2) is 24.3 Å². The number of nitrogens with one attached hydrogen (secondary N) is 1. The van der Waals surface area contributed by atoms with Gasteiger partial charge in [-0.3, -0.25) is 0 Å². The number of hydrogen-bond acceptors (Lipinski definition) is 5. The second-order valence-corrected chi connectivity index (χ2v) is 5.40.